The molecular formula is C20H17NO8S2. The van der Waals surface area contributed by atoms with Crippen LogP contribution in [0, 0.1) is 0 Å². The fourth-order valence-electron chi connectivity index (χ4n) is 3.60. The van der Waals surface area contributed by atoms with Crippen LogP contribution in [0.2, 0.25) is 0 Å². The Labute approximate surface area is 178 Å². The summed E-state index contributed by atoms with van der Waals surface area (Å²) in [6, 6.07) is 8.84. The van der Waals surface area contributed by atoms with Crippen molar-refractivity contribution >= 4 is 37.3 Å². The molecule has 1 saturated heterocycles. The second kappa shape index (κ2) is 7.57. The minimum atomic E-state index is -4.01. The second-order valence-corrected chi connectivity index (χ2v) is 11.4. The fraction of sp³-hybridized carbons (Fsp3) is 0.250. The minimum absolute atomic E-state index is 0.0107. The minimum Gasteiger partial charge on any atom is -0.452 e. The zero-order chi connectivity index (χ0) is 22.4. The Kier molecular flexibility index (Phi) is 5.18. The third-order valence-electron chi connectivity index (χ3n) is 5.10. The number of ether oxygens (including phenoxy) is 1. The maximum absolute atomic E-state index is 12.9. The third-order valence-corrected chi connectivity index (χ3v) is 8.72. The average Bonchev–Trinajstić information content (AvgIpc) is 3.08. The quantitative estimate of drug-likeness (QED) is 0.552. The molecule has 1 N–H and O–H groups in total. The Morgan fingerprint density at radius 2 is 1.71 bits per heavy atom. The van der Waals surface area contributed by atoms with Gasteiger partial charge in [0.15, 0.2) is 22.2 Å². The number of amides is 1. The molecule has 31 heavy (non-hydrogen) atoms. The highest BCUT2D eigenvalue weighted by atomic mass is 32.2. The lowest BCUT2D eigenvalue weighted by Crippen LogP contribution is -2.38. The molecule has 0 aromatic heterocycles. The van der Waals surface area contributed by atoms with Crippen molar-refractivity contribution in [3.05, 3.63) is 59.2 Å². The highest BCUT2D eigenvalue weighted by Gasteiger charge is 2.35. The lowest BCUT2D eigenvalue weighted by molar-refractivity contribution is -0.124. The van der Waals surface area contributed by atoms with E-state index in [-0.39, 0.29) is 38.0 Å². The molecule has 1 fully saturated rings. The summed E-state index contributed by atoms with van der Waals surface area (Å²) >= 11 is 0. The third kappa shape index (κ3) is 3.98. The summed E-state index contributed by atoms with van der Waals surface area (Å²) in [5.41, 5.74) is -0.114. The zero-order valence-corrected chi connectivity index (χ0v) is 17.7. The van der Waals surface area contributed by atoms with Gasteiger partial charge in [-0.25, -0.2) is 21.6 Å². The van der Waals surface area contributed by atoms with Crippen molar-refractivity contribution in [3.63, 3.8) is 0 Å². The molecule has 0 aliphatic carbocycles. The van der Waals surface area contributed by atoms with Crippen molar-refractivity contribution in [3.8, 4) is 0 Å². The standard InChI is InChI=1S/C20H17NO8S2/c22-18(21-13-7-8-30(25,26)11-13)10-29-20(24)12-5-6-15-17(9-12)31(27,28)16-4-2-1-3-14(16)19(15)23/h1-6,9,13H,7-8,10-11H2,(H,21,22). The molecule has 1 amide bonds. The van der Waals surface area contributed by atoms with E-state index in [0.717, 1.165) is 6.07 Å². The number of benzene rings is 2. The van der Waals surface area contributed by atoms with E-state index in [0.29, 0.717) is 6.42 Å². The SMILES string of the molecule is O=C(COC(=O)c1ccc2c(c1)S(=O)(=O)c1ccccc1C2=O)NC1CCS(=O)(=O)C1. The summed E-state index contributed by atoms with van der Waals surface area (Å²) in [5.74, 6) is -2.25. The van der Waals surface area contributed by atoms with Crippen LogP contribution in [0.25, 0.3) is 0 Å². The Balaban J connectivity index is 1.49. The topological polar surface area (TPSA) is 141 Å². The number of sulfone groups is 2. The molecule has 2 aromatic rings. The van der Waals surface area contributed by atoms with Crippen molar-refractivity contribution in [1.29, 1.82) is 0 Å². The van der Waals surface area contributed by atoms with Gasteiger partial charge in [0, 0.05) is 17.2 Å². The van der Waals surface area contributed by atoms with Crippen molar-refractivity contribution in [2.24, 2.45) is 0 Å². The van der Waals surface area contributed by atoms with Crippen LogP contribution >= 0.6 is 0 Å². The summed E-state index contributed by atoms with van der Waals surface area (Å²) in [4.78, 5) is 36.5. The van der Waals surface area contributed by atoms with E-state index in [1.165, 1.54) is 30.3 Å². The van der Waals surface area contributed by atoms with Gasteiger partial charge < -0.3 is 10.1 Å². The van der Waals surface area contributed by atoms with Crippen molar-refractivity contribution in [1.82, 2.24) is 5.32 Å². The van der Waals surface area contributed by atoms with Gasteiger partial charge in [-0.3, -0.25) is 9.59 Å². The van der Waals surface area contributed by atoms with Crippen LogP contribution in [0.4, 0.5) is 0 Å². The summed E-state index contributed by atoms with van der Waals surface area (Å²) in [7, 11) is -7.18. The van der Waals surface area contributed by atoms with Crippen molar-refractivity contribution < 1.29 is 36.0 Å². The first-order chi connectivity index (χ1) is 14.6. The average molecular weight is 463 g/mol. The number of nitrogens with one attached hydrogen (secondary N) is 1. The Bertz CT molecular complexity index is 1330. The van der Waals surface area contributed by atoms with Crippen molar-refractivity contribution in [2.45, 2.75) is 22.3 Å². The molecule has 0 radical (unpaired) electrons. The van der Waals surface area contributed by atoms with Crippen LogP contribution in [0.1, 0.15) is 32.7 Å². The lowest BCUT2D eigenvalue weighted by atomic mass is 10.0. The Morgan fingerprint density at radius 1 is 1.00 bits per heavy atom. The van der Waals surface area contributed by atoms with E-state index in [2.05, 4.69) is 5.32 Å². The zero-order valence-electron chi connectivity index (χ0n) is 16.0. The summed E-state index contributed by atoms with van der Waals surface area (Å²) < 4.78 is 53.6. The second-order valence-electron chi connectivity index (χ2n) is 7.28. The molecule has 0 spiro atoms. The van der Waals surface area contributed by atoms with Gasteiger partial charge in [0.2, 0.25) is 9.84 Å². The van der Waals surface area contributed by atoms with Crippen LogP contribution in [0.3, 0.4) is 0 Å². The number of ketones is 1. The van der Waals surface area contributed by atoms with Crippen LogP contribution in [-0.2, 0) is 29.2 Å². The summed E-state index contributed by atoms with van der Waals surface area (Å²) in [6.07, 6.45) is 0.292. The van der Waals surface area contributed by atoms with Gasteiger partial charge >= 0.3 is 5.97 Å². The first-order valence-electron chi connectivity index (χ1n) is 9.28. The van der Waals surface area contributed by atoms with E-state index in [4.69, 9.17) is 4.74 Å². The lowest BCUT2D eigenvalue weighted by Gasteiger charge is -2.19. The molecule has 2 aliphatic heterocycles. The Hall–Kier alpha value is -3.05. The highest BCUT2D eigenvalue weighted by Crippen LogP contribution is 2.34. The largest absolute Gasteiger partial charge is 0.452 e. The normalized spacial score (nSPS) is 20.4. The summed E-state index contributed by atoms with van der Waals surface area (Å²) in [5, 5.41) is 2.49. The molecule has 1 unspecified atom stereocenters. The number of carbonyl (C=O) groups excluding carboxylic acids is 3. The molecule has 1 atom stereocenters. The molecule has 2 aromatic carbocycles. The molecule has 0 bridgehead atoms. The van der Waals surface area contributed by atoms with E-state index in [9.17, 15) is 31.2 Å². The molecule has 2 aliphatic rings. The predicted octanol–water partition coefficient (Wildman–Crippen LogP) is 0.524. The molecule has 2 heterocycles. The van der Waals surface area contributed by atoms with Gasteiger partial charge in [-0.1, -0.05) is 12.1 Å². The van der Waals surface area contributed by atoms with Gasteiger partial charge in [0.25, 0.3) is 5.91 Å². The van der Waals surface area contributed by atoms with Gasteiger partial charge in [-0.15, -0.1) is 0 Å². The Morgan fingerprint density at radius 3 is 2.42 bits per heavy atom. The van der Waals surface area contributed by atoms with Crippen LogP contribution < -0.4 is 5.32 Å². The predicted molar refractivity (Wildman–Crippen MR) is 107 cm³/mol. The molecule has 4 rings (SSSR count). The molecule has 11 heteroatoms. The molecule has 0 saturated carbocycles. The van der Waals surface area contributed by atoms with Gasteiger partial charge in [0.05, 0.1) is 26.9 Å². The van der Waals surface area contributed by atoms with Crippen molar-refractivity contribution in [2.75, 3.05) is 18.1 Å². The van der Waals surface area contributed by atoms with Gasteiger partial charge in [-0.05, 0) is 36.8 Å². The molecule has 9 nitrogen and oxygen atoms in total. The monoisotopic (exact) mass is 463 g/mol. The number of hydrogen-bond donors (Lipinski definition) is 1. The molecular weight excluding hydrogens is 446 g/mol. The number of esters is 1. The van der Waals surface area contributed by atoms with E-state index in [1.54, 1.807) is 6.07 Å². The van der Waals surface area contributed by atoms with Crippen LogP contribution in [0.15, 0.2) is 52.3 Å². The number of hydrogen-bond acceptors (Lipinski definition) is 8. The number of carbonyl (C=O) groups is 3. The first-order valence-corrected chi connectivity index (χ1v) is 12.6. The van der Waals surface area contributed by atoms with E-state index < -0.39 is 50.0 Å². The summed E-state index contributed by atoms with van der Waals surface area (Å²) in [6.45, 7) is -0.652. The van der Waals surface area contributed by atoms with Crippen LogP contribution in [0.5, 0.6) is 0 Å². The smallest absolute Gasteiger partial charge is 0.338 e. The van der Waals surface area contributed by atoms with E-state index >= 15 is 0 Å². The van der Waals surface area contributed by atoms with Gasteiger partial charge in [-0.2, -0.15) is 0 Å². The fourth-order valence-corrected chi connectivity index (χ4v) is 6.95. The highest BCUT2D eigenvalue weighted by molar-refractivity contribution is 7.92. The maximum Gasteiger partial charge on any atom is 0.338 e. The number of rotatable bonds is 4. The molecule has 162 valence electrons. The van der Waals surface area contributed by atoms with Gasteiger partial charge in [0.1, 0.15) is 0 Å². The number of fused-ring (bicyclic) bond motifs is 2. The first kappa shape index (κ1) is 21.2. The maximum atomic E-state index is 12.9. The van der Waals surface area contributed by atoms with Crippen LogP contribution in [-0.4, -0.2) is 58.6 Å². The van der Waals surface area contributed by atoms with E-state index in [1.807, 2.05) is 0 Å².